The summed E-state index contributed by atoms with van der Waals surface area (Å²) in [5.74, 6) is -0.186. The number of carbonyl (C=O) groups excluding carboxylic acids is 1. The van der Waals surface area contributed by atoms with Crippen LogP contribution in [-0.4, -0.2) is 17.1 Å². The van der Waals surface area contributed by atoms with Crippen LogP contribution in [0.1, 0.15) is 13.3 Å². The first kappa shape index (κ1) is 11.8. The van der Waals surface area contributed by atoms with Crippen LogP contribution in [0.5, 0.6) is 5.75 Å². The van der Waals surface area contributed by atoms with Crippen LogP contribution in [0.2, 0.25) is 5.02 Å². The van der Waals surface area contributed by atoms with E-state index in [1.54, 1.807) is 13.0 Å². The molecule has 5 heteroatoms. The van der Waals surface area contributed by atoms with Crippen molar-refractivity contribution in [2.75, 3.05) is 5.32 Å². The molecular weight excluding hydrogens is 216 g/mol. The van der Waals surface area contributed by atoms with E-state index in [0.717, 1.165) is 0 Å². The third-order valence-electron chi connectivity index (χ3n) is 1.74. The van der Waals surface area contributed by atoms with E-state index in [0.29, 0.717) is 5.69 Å². The van der Waals surface area contributed by atoms with Gasteiger partial charge in [0.1, 0.15) is 5.75 Å². The zero-order valence-corrected chi connectivity index (χ0v) is 9.08. The molecule has 0 saturated carbocycles. The Balaban J connectivity index is 2.65. The Morgan fingerprint density at radius 2 is 2.33 bits per heavy atom. The van der Waals surface area contributed by atoms with E-state index in [1.165, 1.54) is 12.1 Å². The molecule has 1 amide bonds. The lowest BCUT2D eigenvalue weighted by molar-refractivity contribution is -0.116. The lowest BCUT2D eigenvalue weighted by Crippen LogP contribution is -2.23. The minimum atomic E-state index is -0.183. The molecule has 82 valence electrons. The maximum atomic E-state index is 11.3. The van der Waals surface area contributed by atoms with E-state index >= 15 is 0 Å². The first-order valence-electron chi connectivity index (χ1n) is 4.53. The van der Waals surface area contributed by atoms with Gasteiger partial charge in [0.15, 0.2) is 0 Å². The highest BCUT2D eigenvalue weighted by atomic mass is 35.5. The summed E-state index contributed by atoms with van der Waals surface area (Å²) in [5, 5.41) is 12.0. The fourth-order valence-corrected chi connectivity index (χ4v) is 1.27. The SMILES string of the molecule is CC(N)CC(=O)Nc1ccc(O)c(Cl)c1. The van der Waals surface area contributed by atoms with Crippen molar-refractivity contribution in [2.45, 2.75) is 19.4 Å². The zero-order chi connectivity index (χ0) is 11.4. The number of anilines is 1. The predicted octanol–water partition coefficient (Wildman–Crippen LogP) is 1.72. The molecule has 0 saturated heterocycles. The average molecular weight is 229 g/mol. The van der Waals surface area contributed by atoms with E-state index in [2.05, 4.69) is 5.32 Å². The molecule has 1 aromatic rings. The van der Waals surface area contributed by atoms with Gasteiger partial charge in [0.25, 0.3) is 0 Å². The first-order chi connectivity index (χ1) is 6.99. The second kappa shape index (κ2) is 5.00. The Bertz CT molecular complexity index is 366. The summed E-state index contributed by atoms with van der Waals surface area (Å²) in [5.41, 5.74) is 6.02. The van der Waals surface area contributed by atoms with E-state index in [1.807, 2.05) is 0 Å². The molecule has 0 aliphatic rings. The molecule has 0 aliphatic carbocycles. The highest BCUT2D eigenvalue weighted by molar-refractivity contribution is 6.32. The van der Waals surface area contributed by atoms with Gasteiger partial charge < -0.3 is 16.2 Å². The maximum absolute atomic E-state index is 11.3. The first-order valence-corrected chi connectivity index (χ1v) is 4.91. The average Bonchev–Trinajstić information content (AvgIpc) is 2.10. The van der Waals surface area contributed by atoms with Gasteiger partial charge in [0.05, 0.1) is 5.02 Å². The molecule has 0 bridgehead atoms. The summed E-state index contributed by atoms with van der Waals surface area (Å²) in [4.78, 5) is 11.3. The van der Waals surface area contributed by atoms with E-state index in [4.69, 9.17) is 22.4 Å². The molecule has 0 aliphatic heterocycles. The number of phenolic OH excluding ortho intramolecular Hbond substituents is 1. The summed E-state index contributed by atoms with van der Waals surface area (Å²) in [7, 11) is 0. The summed E-state index contributed by atoms with van der Waals surface area (Å²) >= 11 is 5.68. The Morgan fingerprint density at radius 3 is 2.87 bits per heavy atom. The number of aromatic hydroxyl groups is 1. The van der Waals surface area contributed by atoms with Crippen LogP contribution in [0.3, 0.4) is 0 Å². The van der Waals surface area contributed by atoms with Crippen LogP contribution in [0.4, 0.5) is 5.69 Å². The molecule has 15 heavy (non-hydrogen) atoms. The molecule has 1 atom stereocenters. The van der Waals surface area contributed by atoms with Crippen molar-refractivity contribution in [3.05, 3.63) is 23.2 Å². The van der Waals surface area contributed by atoms with Crippen molar-refractivity contribution >= 4 is 23.2 Å². The van der Waals surface area contributed by atoms with Gasteiger partial charge in [-0.15, -0.1) is 0 Å². The molecule has 1 unspecified atom stereocenters. The highest BCUT2D eigenvalue weighted by Gasteiger charge is 2.06. The van der Waals surface area contributed by atoms with Crippen LogP contribution >= 0.6 is 11.6 Å². The van der Waals surface area contributed by atoms with Crippen LogP contribution in [-0.2, 0) is 4.79 Å². The van der Waals surface area contributed by atoms with Crippen molar-refractivity contribution in [2.24, 2.45) is 5.73 Å². The van der Waals surface area contributed by atoms with Gasteiger partial charge in [-0.25, -0.2) is 0 Å². The number of hydrogen-bond acceptors (Lipinski definition) is 3. The normalized spacial score (nSPS) is 12.2. The predicted molar refractivity (Wildman–Crippen MR) is 60.0 cm³/mol. The number of nitrogens with two attached hydrogens (primary N) is 1. The Kier molecular flexibility index (Phi) is 3.94. The Labute approximate surface area is 93.0 Å². The van der Waals surface area contributed by atoms with E-state index in [-0.39, 0.29) is 29.1 Å². The number of nitrogens with one attached hydrogen (secondary N) is 1. The zero-order valence-electron chi connectivity index (χ0n) is 8.33. The summed E-state index contributed by atoms with van der Waals surface area (Å²) < 4.78 is 0. The third kappa shape index (κ3) is 3.77. The van der Waals surface area contributed by atoms with Crippen LogP contribution in [0.25, 0.3) is 0 Å². The third-order valence-corrected chi connectivity index (χ3v) is 2.04. The van der Waals surface area contributed by atoms with Crippen molar-refractivity contribution in [1.29, 1.82) is 0 Å². The molecule has 0 fully saturated rings. The maximum Gasteiger partial charge on any atom is 0.225 e. The minimum absolute atomic E-state index is 0.0122. The number of rotatable bonds is 3. The number of carbonyl (C=O) groups is 1. The van der Waals surface area contributed by atoms with Gasteiger partial charge in [-0.05, 0) is 25.1 Å². The van der Waals surface area contributed by atoms with Crippen LogP contribution in [0.15, 0.2) is 18.2 Å². The largest absolute Gasteiger partial charge is 0.506 e. The quantitative estimate of drug-likeness (QED) is 0.690. The number of amides is 1. The van der Waals surface area contributed by atoms with Crippen molar-refractivity contribution < 1.29 is 9.90 Å². The van der Waals surface area contributed by atoms with Gasteiger partial charge in [-0.3, -0.25) is 4.79 Å². The molecule has 1 rings (SSSR count). The molecule has 0 radical (unpaired) electrons. The van der Waals surface area contributed by atoms with Gasteiger partial charge in [-0.2, -0.15) is 0 Å². The van der Waals surface area contributed by atoms with Crippen LogP contribution in [0, 0.1) is 0 Å². The van der Waals surface area contributed by atoms with Crippen molar-refractivity contribution in [1.82, 2.24) is 0 Å². The second-order valence-corrected chi connectivity index (χ2v) is 3.80. The van der Waals surface area contributed by atoms with Crippen molar-refractivity contribution in [3.8, 4) is 5.75 Å². The number of benzene rings is 1. The van der Waals surface area contributed by atoms with Crippen LogP contribution < -0.4 is 11.1 Å². The monoisotopic (exact) mass is 228 g/mol. The number of hydrogen-bond donors (Lipinski definition) is 3. The lowest BCUT2D eigenvalue weighted by Gasteiger charge is -2.07. The second-order valence-electron chi connectivity index (χ2n) is 3.40. The summed E-state index contributed by atoms with van der Waals surface area (Å²) in [6, 6.07) is 4.29. The fraction of sp³-hybridized carbons (Fsp3) is 0.300. The highest BCUT2D eigenvalue weighted by Crippen LogP contribution is 2.26. The van der Waals surface area contributed by atoms with Gasteiger partial charge >= 0.3 is 0 Å². The molecule has 0 aromatic heterocycles. The van der Waals surface area contributed by atoms with Crippen molar-refractivity contribution in [3.63, 3.8) is 0 Å². The fourth-order valence-electron chi connectivity index (χ4n) is 1.09. The van der Waals surface area contributed by atoms with E-state index < -0.39 is 0 Å². The summed E-state index contributed by atoms with van der Waals surface area (Å²) in [6.45, 7) is 1.75. The Morgan fingerprint density at radius 1 is 1.67 bits per heavy atom. The molecule has 4 N–H and O–H groups in total. The van der Waals surface area contributed by atoms with Gasteiger partial charge in [-0.1, -0.05) is 11.6 Å². The molecule has 4 nitrogen and oxygen atoms in total. The lowest BCUT2D eigenvalue weighted by atomic mass is 10.2. The van der Waals surface area contributed by atoms with Gasteiger partial charge in [0.2, 0.25) is 5.91 Å². The Hall–Kier alpha value is -1.26. The smallest absolute Gasteiger partial charge is 0.225 e. The number of halogens is 1. The molecule has 1 aromatic carbocycles. The molecule has 0 spiro atoms. The summed E-state index contributed by atoms with van der Waals surface area (Å²) in [6.07, 6.45) is 0.249. The molecule has 0 heterocycles. The molecular formula is C10H13ClN2O2. The van der Waals surface area contributed by atoms with E-state index in [9.17, 15) is 4.79 Å². The topological polar surface area (TPSA) is 75.4 Å². The van der Waals surface area contributed by atoms with Gasteiger partial charge in [0, 0.05) is 18.2 Å². The number of phenols is 1. The standard InChI is InChI=1S/C10H13ClN2O2/c1-6(12)4-10(15)13-7-2-3-9(14)8(11)5-7/h2-3,5-6,14H,4,12H2,1H3,(H,13,15). The minimum Gasteiger partial charge on any atom is -0.506 e.